The van der Waals surface area contributed by atoms with Gasteiger partial charge < -0.3 is 14.6 Å². The van der Waals surface area contributed by atoms with E-state index in [9.17, 15) is 4.79 Å². The third-order valence-corrected chi connectivity index (χ3v) is 2.98. The summed E-state index contributed by atoms with van der Waals surface area (Å²) in [4.78, 5) is 11.8. The highest BCUT2D eigenvalue weighted by atomic mass is 16.5. The zero-order chi connectivity index (χ0) is 12.4. The van der Waals surface area contributed by atoms with Crippen molar-refractivity contribution in [3.05, 3.63) is 17.0 Å². The molecule has 1 N–H and O–H groups in total. The molecule has 1 amide bonds. The van der Waals surface area contributed by atoms with Gasteiger partial charge in [-0.15, -0.1) is 0 Å². The number of ether oxygens (including phenoxy) is 1. The predicted octanol–water partition coefficient (Wildman–Crippen LogP) is 1.13. The minimum atomic E-state index is 0.00611. The molecule has 1 saturated carbocycles. The Hall–Kier alpha value is -1.36. The quantitative estimate of drug-likeness (QED) is 0.835. The zero-order valence-corrected chi connectivity index (χ0v) is 10.4. The number of nitrogens with one attached hydrogen (secondary N) is 1. The van der Waals surface area contributed by atoms with Gasteiger partial charge >= 0.3 is 0 Å². The lowest BCUT2D eigenvalue weighted by Gasteiger charge is -2.04. The first-order chi connectivity index (χ1) is 8.11. The van der Waals surface area contributed by atoms with Crippen molar-refractivity contribution in [1.29, 1.82) is 0 Å². The predicted molar refractivity (Wildman–Crippen MR) is 61.6 cm³/mol. The molecule has 1 aliphatic carbocycles. The number of hydrogen-bond acceptors (Lipinski definition) is 4. The first kappa shape index (κ1) is 12.1. The van der Waals surface area contributed by atoms with E-state index in [0.29, 0.717) is 13.0 Å². The standard InChI is InChI=1S/C12H18N2O3/c1-4-16-11-6-10(11)13-12(15)5-9-7(2)14-17-8(9)3/h10-11H,4-6H2,1-3H3,(H,13,15)/t10-,11-/m1/s1. The van der Waals surface area contributed by atoms with Gasteiger partial charge in [0.05, 0.1) is 24.3 Å². The van der Waals surface area contributed by atoms with E-state index < -0.39 is 0 Å². The Balaban J connectivity index is 1.83. The number of carbonyl (C=O) groups excluding carboxylic acids is 1. The molecule has 2 atom stereocenters. The summed E-state index contributed by atoms with van der Waals surface area (Å²) in [7, 11) is 0. The van der Waals surface area contributed by atoms with E-state index in [1.807, 2.05) is 20.8 Å². The third kappa shape index (κ3) is 2.85. The Kier molecular flexibility index (Phi) is 3.47. The summed E-state index contributed by atoms with van der Waals surface area (Å²) in [6, 6.07) is 0.183. The molecule has 94 valence electrons. The lowest BCUT2D eigenvalue weighted by molar-refractivity contribution is -0.120. The summed E-state index contributed by atoms with van der Waals surface area (Å²) in [5.74, 6) is 0.724. The molecule has 1 aromatic heterocycles. The van der Waals surface area contributed by atoms with E-state index in [4.69, 9.17) is 9.26 Å². The smallest absolute Gasteiger partial charge is 0.224 e. The van der Waals surface area contributed by atoms with Crippen LogP contribution in [0.25, 0.3) is 0 Å². The maximum atomic E-state index is 11.8. The van der Waals surface area contributed by atoms with E-state index in [-0.39, 0.29) is 18.1 Å². The Morgan fingerprint density at radius 3 is 2.94 bits per heavy atom. The van der Waals surface area contributed by atoms with Crippen LogP contribution in [0.3, 0.4) is 0 Å². The summed E-state index contributed by atoms with van der Waals surface area (Å²) in [6.07, 6.45) is 1.45. The van der Waals surface area contributed by atoms with Gasteiger partial charge in [0.2, 0.25) is 5.91 Å². The SMILES string of the molecule is CCO[C@@H]1C[C@H]1NC(=O)Cc1c(C)noc1C. The molecule has 1 aromatic rings. The largest absolute Gasteiger partial charge is 0.376 e. The van der Waals surface area contributed by atoms with Gasteiger partial charge in [0.15, 0.2) is 0 Å². The summed E-state index contributed by atoms with van der Waals surface area (Å²) in [5, 5.41) is 6.78. The average molecular weight is 238 g/mol. The Morgan fingerprint density at radius 2 is 2.35 bits per heavy atom. The molecule has 17 heavy (non-hydrogen) atoms. The van der Waals surface area contributed by atoms with Crippen LogP contribution < -0.4 is 5.32 Å². The van der Waals surface area contributed by atoms with Gasteiger partial charge in [-0.05, 0) is 27.2 Å². The van der Waals surface area contributed by atoms with Crippen LogP contribution in [-0.2, 0) is 16.0 Å². The number of aromatic nitrogens is 1. The van der Waals surface area contributed by atoms with E-state index in [1.54, 1.807) is 0 Å². The van der Waals surface area contributed by atoms with E-state index >= 15 is 0 Å². The van der Waals surface area contributed by atoms with Crippen LogP contribution in [0.2, 0.25) is 0 Å². The number of nitrogens with zero attached hydrogens (tertiary/aromatic N) is 1. The molecule has 0 aromatic carbocycles. The van der Waals surface area contributed by atoms with Gasteiger partial charge in [0, 0.05) is 12.2 Å². The summed E-state index contributed by atoms with van der Waals surface area (Å²) >= 11 is 0. The second-order valence-corrected chi connectivity index (χ2v) is 4.38. The third-order valence-electron chi connectivity index (χ3n) is 2.98. The molecule has 0 unspecified atom stereocenters. The molecule has 0 saturated heterocycles. The first-order valence-corrected chi connectivity index (χ1v) is 5.94. The molecular weight excluding hydrogens is 220 g/mol. The van der Waals surface area contributed by atoms with E-state index in [1.165, 1.54) is 0 Å². The molecule has 1 fully saturated rings. The normalized spacial score (nSPS) is 22.5. The van der Waals surface area contributed by atoms with Crippen molar-refractivity contribution < 1.29 is 14.1 Å². The fourth-order valence-electron chi connectivity index (χ4n) is 1.89. The van der Waals surface area contributed by atoms with Crippen molar-refractivity contribution in [2.45, 2.75) is 45.8 Å². The van der Waals surface area contributed by atoms with Crippen LogP contribution in [0.15, 0.2) is 4.52 Å². The van der Waals surface area contributed by atoms with Crippen molar-refractivity contribution in [3.63, 3.8) is 0 Å². The molecule has 0 bridgehead atoms. The van der Waals surface area contributed by atoms with Gasteiger partial charge in [-0.2, -0.15) is 0 Å². The highest BCUT2D eigenvalue weighted by Gasteiger charge is 2.39. The first-order valence-electron chi connectivity index (χ1n) is 5.94. The van der Waals surface area contributed by atoms with Crippen LogP contribution in [0, 0.1) is 13.8 Å². The van der Waals surface area contributed by atoms with Gasteiger partial charge in [-0.1, -0.05) is 5.16 Å². The number of rotatable bonds is 5. The molecule has 1 heterocycles. The fourth-order valence-corrected chi connectivity index (χ4v) is 1.89. The molecular formula is C12H18N2O3. The van der Waals surface area contributed by atoms with E-state index in [2.05, 4.69) is 10.5 Å². The van der Waals surface area contributed by atoms with Crippen molar-refractivity contribution >= 4 is 5.91 Å². The minimum absolute atomic E-state index is 0.00611. The molecule has 0 spiro atoms. The molecule has 0 aliphatic heterocycles. The summed E-state index contributed by atoms with van der Waals surface area (Å²) < 4.78 is 10.4. The van der Waals surface area contributed by atoms with Gasteiger partial charge in [0.25, 0.3) is 0 Å². The fraction of sp³-hybridized carbons (Fsp3) is 0.667. The average Bonchev–Trinajstić information content (AvgIpc) is 2.93. The Bertz CT molecular complexity index is 394. The van der Waals surface area contributed by atoms with E-state index in [0.717, 1.165) is 23.4 Å². The van der Waals surface area contributed by atoms with Crippen molar-refractivity contribution in [1.82, 2.24) is 10.5 Å². The lowest BCUT2D eigenvalue weighted by Crippen LogP contribution is -2.29. The Labute approximate surface area is 101 Å². The van der Waals surface area contributed by atoms with Crippen LogP contribution in [-0.4, -0.2) is 29.8 Å². The van der Waals surface area contributed by atoms with Crippen LogP contribution in [0.1, 0.15) is 30.4 Å². The zero-order valence-electron chi connectivity index (χ0n) is 10.4. The lowest BCUT2D eigenvalue weighted by atomic mass is 10.1. The minimum Gasteiger partial charge on any atom is -0.376 e. The molecule has 2 rings (SSSR count). The summed E-state index contributed by atoms with van der Waals surface area (Å²) in [6.45, 7) is 6.32. The second-order valence-electron chi connectivity index (χ2n) is 4.38. The van der Waals surface area contributed by atoms with Gasteiger partial charge in [-0.25, -0.2) is 0 Å². The van der Waals surface area contributed by atoms with Crippen LogP contribution in [0.5, 0.6) is 0 Å². The number of hydrogen-bond donors (Lipinski definition) is 1. The molecule has 5 heteroatoms. The van der Waals surface area contributed by atoms with Crippen LogP contribution >= 0.6 is 0 Å². The highest BCUT2D eigenvalue weighted by Crippen LogP contribution is 2.25. The number of carbonyl (C=O) groups is 1. The number of amides is 1. The molecule has 1 aliphatic rings. The molecule has 5 nitrogen and oxygen atoms in total. The second kappa shape index (κ2) is 4.87. The van der Waals surface area contributed by atoms with Crippen molar-refractivity contribution in [2.24, 2.45) is 0 Å². The maximum Gasteiger partial charge on any atom is 0.224 e. The topological polar surface area (TPSA) is 64.4 Å². The highest BCUT2D eigenvalue weighted by molar-refractivity contribution is 5.79. The monoisotopic (exact) mass is 238 g/mol. The van der Waals surface area contributed by atoms with Crippen molar-refractivity contribution in [2.75, 3.05) is 6.61 Å². The van der Waals surface area contributed by atoms with Crippen LogP contribution in [0.4, 0.5) is 0 Å². The van der Waals surface area contributed by atoms with Crippen molar-refractivity contribution in [3.8, 4) is 0 Å². The summed E-state index contributed by atoms with van der Waals surface area (Å²) in [5.41, 5.74) is 1.67. The Morgan fingerprint density at radius 1 is 1.59 bits per heavy atom. The molecule has 0 radical (unpaired) electrons. The van der Waals surface area contributed by atoms with Gasteiger partial charge in [0.1, 0.15) is 5.76 Å². The van der Waals surface area contributed by atoms with Gasteiger partial charge in [-0.3, -0.25) is 4.79 Å². The number of aryl methyl sites for hydroxylation is 2. The maximum absolute atomic E-state index is 11.8.